The molecule has 3 nitrogen and oxygen atoms in total. The largest absolute Gasteiger partial charge is 0.481 e. The van der Waals surface area contributed by atoms with Gasteiger partial charge in [0, 0.05) is 6.54 Å². The first-order chi connectivity index (χ1) is 11.0. The predicted octanol–water partition coefficient (Wildman–Crippen LogP) is 4.79. The molecule has 2 atom stereocenters. The molecule has 0 heterocycles. The lowest BCUT2D eigenvalue weighted by molar-refractivity contribution is -0.128. The van der Waals surface area contributed by atoms with Gasteiger partial charge < -0.3 is 10.1 Å². The summed E-state index contributed by atoms with van der Waals surface area (Å²) in [6.07, 6.45) is 4.98. The summed E-state index contributed by atoms with van der Waals surface area (Å²) >= 11 is 0. The number of hydrogen-bond donors (Lipinski definition) is 1. The SMILES string of the molecule is CCCC[C@@H](CC)CNC(=O)[C@H](CC)Oc1ccc(C)c(C)c1. The third-order valence-electron chi connectivity index (χ3n) is 4.53. The topological polar surface area (TPSA) is 38.3 Å². The number of carbonyl (C=O) groups is 1. The maximum atomic E-state index is 12.4. The average molecular weight is 319 g/mol. The molecule has 1 amide bonds. The van der Waals surface area contributed by atoms with Gasteiger partial charge in [-0.15, -0.1) is 0 Å². The van der Waals surface area contributed by atoms with Crippen molar-refractivity contribution < 1.29 is 9.53 Å². The minimum Gasteiger partial charge on any atom is -0.481 e. The lowest BCUT2D eigenvalue weighted by atomic mass is 9.99. The number of ether oxygens (including phenoxy) is 1. The second-order valence-electron chi connectivity index (χ2n) is 6.42. The molecule has 1 aromatic rings. The molecule has 0 aliphatic heterocycles. The molecule has 0 aliphatic rings. The van der Waals surface area contributed by atoms with Crippen LogP contribution in [0.15, 0.2) is 18.2 Å². The second kappa shape index (κ2) is 10.3. The van der Waals surface area contributed by atoms with E-state index in [-0.39, 0.29) is 5.91 Å². The molecule has 130 valence electrons. The van der Waals surface area contributed by atoms with Gasteiger partial charge >= 0.3 is 0 Å². The Bertz CT molecular complexity index is 485. The fraction of sp³-hybridized carbons (Fsp3) is 0.650. The van der Waals surface area contributed by atoms with Crippen LogP contribution in [0.4, 0.5) is 0 Å². The minimum atomic E-state index is -0.416. The van der Waals surface area contributed by atoms with Gasteiger partial charge in [-0.05, 0) is 55.9 Å². The lowest BCUT2D eigenvalue weighted by Crippen LogP contribution is -2.40. The fourth-order valence-electron chi connectivity index (χ4n) is 2.58. The van der Waals surface area contributed by atoms with Crippen molar-refractivity contribution in [1.82, 2.24) is 5.32 Å². The molecular formula is C20H33NO2. The summed E-state index contributed by atoms with van der Waals surface area (Å²) in [5, 5.41) is 3.08. The van der Waals surface area contributed by atoms with Gasteiger partial charge in [0.05, 0.1) is 0 Å². The Morgan fingerprint density at radius 1 is 1.13 bits per heavy atom. The van der Waals surface area contributed by atoms with Gasteiger partial charge in [0.2, 0.25) is 0 Å². The van der Waals surface area contributed by atoms with E-state index in [0.29, 0.717) is 12.3 Å². The third kappa shape index (κ3) is 6.64. The molecular weight excluding hydrogens is 286 g/mol. The molecule has 1 N–H and O–H groups in total. The predicted molar refractivity (Wildman–Crippen MR) is 96.9 cm³/mol. The van der Waals surface area contributed by atoms with Crippen molar-refractivity contribution in [3.05, 3.63) is 29.3 Å². The molecule has 23 heavy (non-hydrogen) atoms. The molecule has 3 heteroatoms. The van der Waals surface area contributed by atoms with Gasteiger partial charge in [-0.1, -0.05) is 46.1 Å². The number of nitrogens with one attached hydrogen (secondary N) is 1. The van der Waals surface area contributed by atoms with E-state index in [9.17, 15) is 4.79 Å². The van der Waals surface area contributed by atoms with Gasteiger partial charge in [0.25, 0.3) is 5.91 Å². The molecule has 0 saturated heterocycles. The van der Waals surface area contributed by atoms with Crippen molar-refractivity contribution in [3.63, 3.8) is 0 Å². The first-order valence-corrected chi connectivity index (χ1v) is 9.03. The van der Waals surface area contributed by atoms with Crippen LogP contribution in [0, 0.1) is 19.8 Å². The van der Waals surface area contributed by atoms with E-state index in [2.05, 4.69) is 33.0 Å². The summed E-state index contributed by atoms with van der Waals surface area (Å²) in [5.74, 6) is 1.34. The normalized spacial score (nSPS) is 13.4. The quantitative estimate of drug-likeness (QED) is 0.673. The Balaban J connectivity index is 2.55. The Labute approximate surface area is 141 Å². The van der Waals surface area contributed by atoms with Crippen molar-refractivity contribution in [2.45, 2.75) is 72.8 Å². The van der Waals surface area contributed by atoms with E-state index >= 15 is 0 Å². The second-order valence-corrected chi connectivity index (χ2v) is 6.42. The zero-order valence-corrected chi connectivity index (χ0v) is 15.4. The van der Waals surface area contributed by atoms with Crippen LogP contribution in [0.2, 0.25) is 0 Å². The zero-order valence-electron chi connectivity index (χ0n) is 15.4. The summed E-state index contributed by atoms with van der Waals surface area (Å²) < 4.78 is 5.90. The molecule has 0 radical (unpaired) electrons. The van der Waals surface area contributed by atoms with Crippen LogP contribution < -0.4 is 10.1 Å². The minimum absolute atomic E-state index is 0.000626. The molecule has 1 rings (SSSR count). The molecule has 1 aromatic carbocycles. The highest BCUT2D eigenvalue weighted by Gasteiger charge is 2.19. The molecule has 0 spiro atoms. The molecule has 0 aromatic heterocycles. The maximum Gasteiger partial charge on any atom is 0.261 e. The van der Waals surface area contributed by atoms with Crippen LogP contribution in [0.5, 0.6) is 5.75 Å². The highest BCUT2D eigenvalue weighted by molar-refractivity contribution is 5.81. The molecule has 0 bridgehead atoms. The van der Waals surface area contributed by atoms with Crippen LogP contribution in [-0.4, -0.2) is 18.6 Å². The molecule has 0 unspecified atom stereocenters. The number of benzene rings is 1. The number of carbonyl (C=O) groups excluding carboxylic acids is 1. The first kappa shape index (κ1) is 19.5. The van der Waals surface area contributed by atoms with Crippen molar-refractivity contribution in [3.8, 4) is 5.75 Å². The zero-order chi connectivity index (χ0) is 17.2. The summed E-state index contributed by atoms with van der Waals surface area (Å²) in [6.45, 7) is 11.3. The van der Waals surface area contributed by atoms with Crippen molar-refractivity contribution in [1.29, 1.82) is 0 Å². The van der Waals surface area contributed by atoms with Crippen LogP contribution in [-0.2, 0) is 4.79 Å². The van der Waals surface area contributed by atoms with E-state index in [1.54, 1.807) is 0 Å². The fourth-order valence-corrected chi connectivity index (χ4v) is 2.58. The van der Waals surface area contributed by atoms with E-state index < -0.39 is 6.10 Å². The average Bonchev–Trinajstić information content (AvgIpc) is 2.55. The van der Waals surface area contributed by atoms with E-state index in [1.807, 2.05) is 25.1 Å². The van der Waals surface area contributed by atoms with Crippen molar-refractivity contribution >= 4 is 5.91 Å². The number of aryl methyl sites for hydroxylation is 2. The number of amides is 1. The summed E-state index contributed by atoms with van der Waals surface area (Å²) in [6, 6.07) is 5.98. The van der Waals surface area contributed by atoms with Gasteiger partial charge in [-0.2, -0.15) is 0 Å². The Morgan fingerprint density at radius 3 is 2.43 bits per heavy atom. The standard InChI is InChI=1S/C20H33NO2/c1-6-9-10-17(7-2)14-21-20(22)19(8-3)23-18-12-11-15(4)16(5)13-18/h11-13,17,19H,6-10,14H2,1-5H3,(H,21,22)/t17-,19+/m1/s1. The summed E-state index contributed by atoms with van der Waals surface area (Å²) in [4.78, 5) is 12.4. The summed E-state index contributed by atoms with van der Waals surface area (Å²) in [7, 11) is 0. The van der Waals surface area contributed by atoms with Crippen molar-refractivity contribution in [2.24, 2.45) is 5.92 Å². The van der Waals surface area contributed by atoms with Gasteiger partial charge in [-0.25, -0.2) is 0 Å². The molecule has 0 saturated carbocycles. The number of rotatable bonds is 10. The van der Waals surface area contributed by atoms with Gasteiger partial charge in [-0.3, -0.25) is 4.79 Å². The Kier molecular flexibility index (Phi) is 8.75. The van der Waals surface area contributed by atoms with E-state index in [4.69, 9.17) is 4.74 Å². The maximum absolute atomic E-state index is 12.4. The van der Waals surface area contributed by atoms with Crippen LogP contribution in [0.3, 0.4) is 0 Å². The lowest BCUT2D eigenvalue weighted by Gasteiger charge is -2.20. The third-order valence-corrected chi connectivity index (χ3v) is 4.53. The van der Waals surface area contributed by atoms with Crippen LogP contribution >= 0.6 is 0 Å². The van der Waals surface area contributed by atoms with E-state index in [0.717, 1.165) is 18.7 Å². The van der Waals surface area contributed by atoms with Crippen molar-refractivity contribution in [2.75, 3.05) is 6.54 Å². The highest BCUT2D eigenvalue weighted by Crippen LogP contribution is 2.19. The van der Waals surface area contributed by atoms with Gasteiger partial charge in [0.15, 0.2) is 6.10 Å². The Hall–Kier alpha value is -1.51. The number of hydrogen-bond acceptors (Lipinski definition) is 2. The highest BCUT2D eigenvalue weighted by atomic mass is 16.5. The van der Waals surface area contributed by atoms with E-state index in [1.165, 1.54) is 30.4 Å². The first-order valence-electron chi connectivity index (χ1n) is 9.03. The van der Waals surface area contributed by atoms with Gasteiger partial charge in [0.1, 0.15) is 5.75 Å². The number of unbranched alkanes of at least 4 members (excludes halogenated alkanes) is 1. The monoisotopic (exact) mass is 319 g/mol. The van der Waals surface area contributed by atoms with Crippen LogP contribution in [0.25, 0.3) is 0 Å². The Morgan fingerprint density at radius 2 is 1.87 bits per heavy atom. The molecule has 0 fully saturated rings. The summed E-state index contributed by atoms with van der Waals surface area (Å²) in [5.41, 5.74) is 2.42. The van der Waals surface area contributed by atoms with Crippen LogP contribution in [0.1, 0.15) is 64.0 Å². The molecule has 0 aliphatic carbocycles. The smallest absolute Gasteiger partial charge is 0.261 e.